The van der Waals surface area contributed by atoms with Crippen molar-refractivity contribution in [2.75, 3.05) is 24.8 Å². The molecule has 0 atom stereocenters. The Morgan fingerprint density at radius 1 is 0.941 bits per heavy atom. The van der Waals surface area contributed by atoms with Gasteiger partial charge in [-0.1, -0.05) is 29.5 Å². The predicted octanol–water partition coefficient (Wildman–Crippen LogP) is 5.38. The van der Waals surface area contributed by atoms with Crippen molar-refractivity contribution < 1.29 is 14.3 Å². The number of carbonyl (C=O) groups is 1. The van der Waals surface area contributed by atoms with Gasteiger partial charge in [0, 0.05) is 16.9 Å². The van der Waals surface area contributed by atoms with Crippen LogP contribution in [0.25, 0.3) is 17.1 Å². The third-order valence-corrected chi connectivity index (χ3v) is 5.98. The Balaban J connectivity index is 1.54. The number of thioether (sulfide) groups is 1. The molecule has 3 aromatic carbocycles. The number of carbonyl (C=O) groups excluding carboxylic acids is 1. The second-order valence-corrected chi connectivity index (χ2v) is 8.44. The molecule has 0 bridgehead atoms. The first-order valence-electron chi connectivity index (χ1n) is 10.9. The average Bonchev–Trinajstić information content (AvgIpc) is 3.28. The summed E-state index contributed by atoms with van der Waals surface area (Å²) in [6, 6.07) is 23.1. The number of aryl methyl sites for hydroxylation is 1. The topological polar surface area (TPSA) is 78.3 Å². The maximum absolute atomic E-state index is 12.6. The van der Waals surface area contributed by atoms with Gasteiger partial charge in [0.1, 0.15) is 11.5 Å². The molecule has 0 aliphatic carbocycles. The molecule has 1 heterocycles. The van der Waals surface area contributed by atoms with E-state index in [0.29, 0.717) is 23.3 Å². The number of hydrogen-bond acceptors (Lipinski definition) is 6. The minimum absolute atomic E-state index is 0.126. The fourth-order valence-corrected chi connectivity index (χ4v) is 4.10. The van der Waals surface area contributed by atoms with Gasteiger partial charge in [0.2, 0.25) is 5.91 Å². The number of nitrogens with zero attached hydrogens (tertiary/aromatic N) is 3. The van der Waals surface area contributed by atoms with E-state index in [-0.39, 0.29) is 11.7 Å². The average molecular weight is 475 g/mol. The molecule has 0 fully saturated rings. The predicted molar refractivity (Wildman–Crippen MR) is 135 cm³/mol. The molecule has 4 aromatic rings. The van der Waals surface area contributed by atoms with Crippen LogP contribution in [0.1, 0.15) is 12.5 Å². The monoisotopic (exact) mass is 474 g/mol. The number of benzene rings is 3. The fourth-order valence-electron chi connectivity index (χ4n) is 3.35. The Morgan fingerprint density at radius 2 is 1.62 bits per heavy atom. The summed E-state index contributed by atoms with van der Waals surface area (Å²) in [6.07, 6.45) is 0. The van der Waals surface area contributed by atoms with E-state index in [9.17, 15) is 4.79 Å². The molecule has 0 aliphatic heterocycles. The van der Waals surface area contributed by atoms with Gasteiger partial charge in [0.05, 0.1) is 19.5 Å². The third kappa shape index (κ3) is 5.58. The summed E-state index contributed by atoms with van der Waals surface area (Å²) >= 11 is 1.34. The molecule has 0 saturated carbocycles. The Morgan fingerprint density at radius 3 is 2.26 bits per heavy atom. The van der Waals surface area contributed by atoms with E-state index < -0.39 is 0 Å². The van der Waals surface area contributed by atoms with Crippen molar-refractivity contribution in [3.8, 4) is 28.6 Å². The second-order valence-electron chi connectivity index (χ2n) is 7.50. The minimum Gasteiger partial charge on any atom is -0.497 e. The molecular formula is C26H26N4O3S. The SMILES string of the molecule is CCOc1ccc(NC(=O)CSc2nnc(-c3ccc(OC)cc3)n2-c2ccc(C)cc2)cc1. The van der Waals surface area contributed by atoms with Crippen molar-refractivity contribution in [2.45, 2.75) is 19.0 Å². The number of hydrogen-bond donors (Lipinski definition) is 1. The lowest BCUT2D eigenvalue weighted by molar-refractivity contribution is -0.113. The molecule has 1 N–H and O–H groups in total. The fraction of sp³-hybridized carbons (Fsp3) is 0.192. The van der Waals surface area contributed by atoms with Crippen molar-refractivity contribution in [1.29, 1.82) is 0 Å². The summed E-state index contributed by atoms with van der Waals surface area (Å²) in [6.45, 7) is 4.58. The number of nitrogens with one attached hydrogen (secondary N) is 1. The van der Waals surface area contributed by atoms with Gasteiger partial charge >= 0.3 is 0 Å². The number of aromatic nitrogens is 3. The van der Waals surface area contributed by atoms with Gasteiger partial charge < -0.3 is 14.8 Å². The van der Waals surface area contributed by atoms with Gasteiger partial charge in [-0.3, -0.25) is 9.36 Å². The van der Waals surface area contributed by atoms with Crippen molar-refractivity contribution in [3.63, 3.8) is 0 Å². The quantitative estimate of drug-likeness (QED) is 0.328. The van der Waals surface area contributed by atoms with Crippen LogP contribution in [0.2, 0.25) is 0 Å². The van der Waals surface area contributed by atoms with Gasteiger partial charge in [-0.25, -0.2) is 0 Å². The number of amides is 1. The van der Waals surface area contributed by atoms with Gasteiger partial charge in [0.15, 0.2) is 11.0 Å². The molecule has 0 spiro atoms. The van der Waals surface area contributed by atoms with Gasteiger partial charge in [0.25, 0.3) is 0 Å². The molecule has 0 radical (unpaired) electrons. The van der Waals surface area contributed by atoms with E-state index in [1.54, 1.807) is 7.11 Å². The molecular weight excluding hydrogens is 448 g/mol. The standard InChI is InChI=1S/C26H26N4O3S/c1-4-33-23-15-9-20(10-16-23)27-24(31)17-34-26-29-28-25(19-7-13-22(32-3)14-8-19)30(26)21-11-5-18(2)6-12-21/h5-16H,4,17H2,1-3H3,(H,27,31). The molecule has 4 rings (SSSR count). The van der Waals surface area contributed by atoms with E-state index in [1.807, 2.05) is 91.2 Å². The van der Waals surface area contributed by atoms with E-state index in [1.165, 1.54) is 11.8 Å². The molecule has 1 amide bonds. The summed E-state index contributed by atoms with van der Waals surface area (Å²) in [5.41, 5.74) is 3.70. The van der Waals surface area contributed by atoms with E-state index in [0.717, 1.165) is 28.3 Å². The number of anilines is 1. The van der Waals surface area contributed by atoms with Crippen LogP contribution in [-0.2, 0) is 4.79 Å². The van der Waals surface area contributed by atoms with Crippen molar-refractivity contribution in [1.82, 2.24) is 14.8 Å². The first kappa shape index (κ1) is 23.4. The van der Waals surface area contributed by atoms with Crippen LogP contribution in [0.3, 0.4) is 0 Å². The first-order chi connectivity index (χ1) is 16.6. The van der Waals surface area contributed by atoms with Crippen LogP contribution in [0.4, 0.5) is 5.69 Å². The van der Waals surface area contributed by atoms with E-state index in [4.69, 9.17) is 9.47 Å². The molecule has 1 aromatic heterocycles. The van der Waals surface area contributed by atoms with E-state index in [2.05, 4.69) is 15.5 Å². The van der Waals surface area contributed by atoms with Crippen LogP contribution < -0.4 is 14.8 Å². The highest BCUT2D eigenvalue weighted by atomic mass is 32.2. The number of ether oxygens (including phenoxy) is 2. The van der Waals surface area contributed by atoms with Crippen LogP contribution in [0, 0.1) is 6.92 Å². The minimum atomic E-state index is -0.126. The highest BCUT2D eigenvalue weighted by Gasteiger charge is 2.17. The third-order valence-electron chi connectivity index (χ3n) is 5.06. The number of rotatable bonds is 9. The van der Waals surface area contributed by atoms with Crippen molar-refractivity contribution >= 4 is 23.4 Å². The summed E-state index contributed by atoms with van der Waals surface area (Å²) in [5.74, 6) is 2.30. The summed E-state index contributed by atoms with van der Waals surface area (Å²) < 4.78 is 12.7. The smallest absolute Gasteiger partial charge is 0.234 e. The van der Waals surface area contributed by atoms with Crippen LogP contribution in [-0.4, -0.2) is 40.1 Å². The summed E-state index contributed by atoms with van der Waals surface area (Å²) in [4.78, 5) is 12.6. The Bertz CT molecular complexity index is 1240. The van der Waals surface area contributed by atoms with Crippen molar-refractivity contribution in [3.05, 3.63) is 78.4 Å². The Hall–Kier alpha value is -3.78. The zero-order valence-electron chi connectivity index (χ0n) is 19.3. The normalized spacial score (nSPS) is 10.7. The van der Waals surface area contributed by atoms with Crippen LogP contribution in [0.5, 0.6) is 11.5 Å². The van der Waals surface area contributed by atoms with Gasteiger partial charge in [-0.15, -0.1) is 10.2 Å². The van der Waals surface area contributed by atoms with Crippen LogP contribution in [0.15, 0.2) is 78.0 Å². The zero-order valence-corrected chi connectivity index (χ0v) is 20.1. The van der Waals surface area contributed by atoms with Gasteiger partial charge in [-0.2, -0.15) is 0 Å². The van der Waals surface area contributed by atoms with Crippen molar-refractivity contribution in [2.24, 2.45) is 0 Å². The summed E-state index contributed by atoms with van der Waals surface area (Å²) in [7, 11) is 1.64. The lowest BCUT2D eigenvalue weighted by Gasteiger charge is -2.11. The molecule has 7 nitrogen and oxygen atoms in total. The Kier molecular flexibility index (Phi) is 7.49. The molecule has 0 aliphatic rings. The van der Waals surface area contributed by atoms with Crippen LogP contribution >= 0.6 is 11.8 Å². The zero-order chi connectivity index (χ0) is 23.9. The molecule has 34 heavy (non-hydrogen) atoms. The first-order valence-corrected chi connectivity index (χ1v) is 11.9. The maximum atomic E-state index is 12.6. The number of methoxy groups -OCH3 is 1. The lowest BCUT2D eigenvalue weighted by atomic mass is 10.2. The Labute approximate surface area is 203 Å². The molecule has 8 heteroatoms. The van der Waals surface area contributed by atoms with E-state index >= 15 is 0 Å². The van der Waals surface area contributed by atoms with Gasteiger partial charge in [-0.05, 0) is 74.5 Å². The second kappa shape index (κ2) is 10.9. The lowest BCUT2D eigenvalue weighted by Crippen LogP contribution is -2.14. The highest BCUT2D eigenvalue weighted by Crippen LogP contribution is 2.29. The molecule has 0 unspecified atom stereocenters. The highest BCUT2D eigenvalue weighted by molar-refractivity contribution is 7.99. The molecule has 174 valence electrons. The maximum Gasteiger partial charge on any atom is 0.234 e. The summed E-state index contributed by atoms with van der Waals surface area (Å²) in [5, 5.41) is 12.4. The molecule has 0 saturated heterocycles. The largest absolute Gasteiger partial charge is 0.497 e.